The van der Waals surface area contributed by atoms with Crippen LogP contribution in [0.3, 0.4) is 0 Å². The first-order valence-corrected chi connectivity index (χ1v) is 7.25. The zero-order valence-electron chi connectivity index (χ0n) is 11.0. The molecule has 0 aromatic carbocycles. The highest BCUT2D eigenvalue weighted by Gasteiger charge is 2.28. The zero-order chi connectivity index (χ0) is 12.2. The average molecular weight is 245 g/mol. The number of nitrogens with zero attached hydrogens (tertiary/aromatic N) is 2. The Morgan fingerprint density at radius 1 is 1.22 bits per heavy atom. The van der Waals surface area contributed by atoms with Gasteiger partial charge >= 0.3 is 0 Å². The lowest BCUT2D eigenvalue weighted by molar-refractivity contribution is 0.147. The van der Waals surface area contributed by atoms with E-state index in [4.69, 9.17) is 0 Å². The summed E-state index contributed by atoms with van der Waals surface area (Å²) in [6, 6.07) is 5.02. The van der Waals surface area contributed by atoms with Crippen LogP contribution in [0.2, 0.25) is 0 Å². The van der Waals surface area contributed by atoms with Crippen molar-refractivity contribution in [1.82, 2.24) is 15.2 Å². The molecule has 0 atom stereocenters. The van der Waals surface area contributed by atoms with Gasteiger partial charge < -0.3 is 5.32 Å². The molecule has 2 fully saturated rings. The molecule has 98 valence electrons. The van der Waals surface area contributed by atoms with Gasteiger partial charge in [0, 0.05) is 31.5 Å². The van der Waals surface area contributed by atoms with Gasteiger partial charge in [-0.25, -0.2) is 0 Å². The molecule has 1 saturated heterocycles. The maximum absolute atomic E-state index is 4.24. The number of hydrogen-bond donors (Lipinski definition) is 1. The molecule has 1 aromatic heterocycles. The van der Waals surface area contributed by atoms with Gasteiger partial charge in [0.15, 0.2) is 0 Å². The van der Waals surface area contributed by atoms with E-state index in [1.165, 1.54) is 50.9 Å². The Kier molecular flexibility index (Phi) is 3.91. The largest absolute Gasteiger partial charge is 0.317 e. The van der Waals surface area contributed by atoms with Crippen LogP contribution in [0.1, 0.15) is 31.2 Å². The molecular formula is C15H23N3. The second-order valence-electron chi connectivity index (χ2n) is 5.72. The Hall–Kier alpha value is -0.930. The van der Waals surface area contributed by atoms with E-state index in [9.17, 15) is 0 Å². The van der Waals surface area contributed by atoms with Crippen molar-refractivity contribution in [2.75, 3.05) is 19.6 Å². The molecule has 1 saturated carbocycles. The summed E-state index contributed by atoms with van der Waals surface area (Å²) in [6.45, 7) is 4.73. The number of rotatable bonds is 5. The van der Waals surface area contributed by atoms with Gasteiger partial charge in [-0.15, -0.1) is 0 Å². The van der Waals surface area contributed by atoms with Crippen molar-refractivity contribution in [3.05, 3.63) is 30.1 Å². The lowest BCUT2D eigenvalue weighted by Crippen LogP contribution is -2.43. The standard InChI is InChI=1S/C15H23N3/c1-2-14(10-17-7-1)12-18(11-13-3-4-13)15-5-8-16-9-6-15/h1-2,7,10,13,15-16H,3-6,8-9,11-12H2. The fourth-order valence-electron chi connectivity index (χ4n) is 2.87. The molecule has 1 aromatic rings. The van der Waals surface area contributed by atoms with Crippen LogP contribution in [-0.2, 0) is 6.54 Å². The molecule has 2 heterocycles. The van der Waals surface area contributed by atoms with E-state index < -0.39 is 0 Å². The second-order valence-corrected chi connectivity index (χ2v) is 5.72. The molecule has 1 N–H and O–H groups in total. The van der Waals surface area contributed by atoms with Gasteiger partial charge in [0.1, 0.15) is 0 Å². The summed E-state index contributed by atoms with van der Waals surface area (Å²) >= 11 is 0. The van der Waals surface area contributed by atoms with Gasteiger partial charge in [0.25, 0.3) is 0 Å². The van der Waals surface area contributed by atoms with Crippen molar-refractivity contribution in [2.24, 2.45) is 5.92 Å². The van der Waals surface area contributed by atoms with Crippen LogP contribution >= 0.6 is 0 Å². The van der Waals surface area contributed by atoms with Crippen LogP contribution in [0.5, 0.6) is 0 Å². The fraction of sp³-hybridized carbons (Fsp3) is 0.667. The van der Waals surface area contributed by atoms with Gasteiger partial charge in [-0.05, 0) is 56.3 Å². The quantitative estimate of drug-likeness (QED) is 0.860. The molecule has 3 nitrogen and oxygen atoms in total. The van der Waals surface area contributed by atoms with E-state index in [0.717, 1.165) is 18.5 Å². The molecule has 18 heavy (non-hydrogen) atoms. The van der Waals surface area contributed by atoms with Crippen molar-refractivity contribution in [1.29, 1.82) is 0 Å². The van der Waals surface area contributed by atoms with Crippen LogP contribution in [0.15, 0.2) is 24.5 Å². The minimum atomic E-state index is 0.770. The smallest absolute Gasteiger partial charge is 0.0312 e. The van der Waals surface area contributed by atoms with Crippen molar-refractivity contribution in [3.8, 4) is 0 Å². The summed E-state index contributed by atoms with van der Waals surface area (Å²) in [7, 11) is 0. The predicted molar refractivity (Wildman–Crippen MR) is 73.3 cm³/mol. The van der Waals surface area contributed by atoms with Crippen LogP contribution < -0.4 is 5.32 Å². The van der Waals surface area contributed by atoms with Gasteiger partial charge in [-0.3, -0.25) is 9.88 Å². The SMILES string of the molecule is c1cncc(CN(CC2CC2)C2CCNCC2)c1. The summed E-state index contributed by atoms with van der Waals surface area (Å²) in [4.78, 5) is 6.94. The van der Waals surface area contributed by atoms with Gasteiger partial charge in [0.05, 0.1) is 0 Å². The molecule has 0 amide bonds. The Bertz CT molecular complexity index is 355. The summed E-state index contributed by atoms with van der Waals surface area (Å²) in [5, 5.41) is 3.46. The lowest BCUT2D eigenvalue weighted by atomic mass is 10.0. The summed E-state index contributed by atoms with van der Waals surface area (Å²) in [6.07, 6.45) is 9.35. The molecule has 3 heteroatoms. The van der Waals surface area contributed by atoms with E-state index in [-0.39, 0.29) is 0 Å². The Labute approximate surface area is 110 Å². The molecule has 2 aliphatic rings. The van der Waals surface area contributed by atoms with Crippen molar-refractivity contribution < 1.29 is 0 Å². The normalized spacial score (nSPS) is 21.4. The first-order valence-electron chi connectivity index (χ1n) is 7.25. The van der Waals surface area contributed by atoms with Crippen LogP contribution in [0, 0.1) is 5.92 Å². The van der Waals surface area contributed by atoms with Crippen LogP contribution in [0.4, 0.5) is 0 Å². The third kappa shape index (κ3) is 3.30. The van der Waals surface area contributed by atoms with Crippen LogP contribution in [0.25, 0.3) is 0 Å². The van der Waals surface area contributed by atoms with Gasteiger partial charge in [-0.2, -0.15) is 0 Å². The Morgan fingerprint density at radius 3 is 2.72 bits per heavy atom. The number of nitrogens with one attached hydrogen (secondary N) is 1. The highest BCUT2D eigenvalue weighted by atomic mass is 15.2. The summed E-state index contributed by atoms with van der Waals surface area (Å²) in [5.74, 6) is 0.969. The number of aromatic nitrogens is 1. The molecule has 0 unspecified atom stereocenters. The predicted octanol–water partition coefficient (Wildman–Crippen LogP) is 2.05. The Balaban J connectivity index is 1.64. The third-order valence-corrected chi connectivity index (χ3v) is 4.12. The first-order chi connectivity index (χ1) is 8.92. The van der Waals surface area contributed by atoms with E-state index in [1.54, 1.807) is 0 Å². The minimum absolute atomic E-state index is 0.770. The van der Waals surface area contributed by atoms with E-state index in [0.29, 0.717) is 0 Å². The molecule has 1 aliphatic carbocycles. The molecule has 3 rings (SSSR count). The number of hydrogen-bond acceptors (Lipinski definition) is 3. The van der Waals surface area contributed by atoms with Crippen molar-refractivity contribution in [3.63, 3.8) is 0 Å². The first kappa shape index (κ1) is 12.1. The van der Waals surface area contributed by atoms with Crippen molar-refractivity contribution in [2.45, 2.75) is 38.3 Å². The molecule has 0 radical (unpaired) electrons. The fourth-order valence-corrected chi connectivity index (χ4v) is 2.87. The highest BCUT2D eigenvalue weighted by molar-refractivity contribution is 5.08. The molecular weight excluding hydrogens is 222 g/mol. The molecule has 0 bridgehead atoms. The number of piperidine rings is 1. The second kappa shape index (κ2) is 5.81. The topological polar surface area (TPSA) is 28.2 Å². The van der Waals surface area contributed by atoms with E-state index in [1.807, 2.05) is 18.5 Å². The molecule has 1 aliphatic heterocycles. The third-order valence-electron chi connectivity index (χ3n) is 4.12. The van der Waals surface area contributed by atoms with Crippen molar-refractivity contribution >= 4 is 0 Å². The number of pyridine rings is 1. The molecule has 0 spiro atoms. The Morgan fingerprint density at radius 2 is 2.06 bits per heavy atom. The zero-order valence-corrected chi connectivity index (χ0v) is 11.0. The monoisotopic (exact) mass is 245 g/mol. The minimum Gasteiger partial charge on any atom is -0.317 e. The van der Waals surface area contributed by atoms with E-state index >= 15 is 0 Å². The maximum atomic E-state index is 4.24. The van der Waals surface area contributed by atoms with Crippen LogP contribution in [-0.4, -0.2) is 35.6 Å². The average Bonchev–Trinajstić information content (AvgIpc) is 3.24. The van der Waals surface area contributed by atoms with Gasteiger partial charge in [-0.1, -0.05) is 6.07 Å². The lowest BCUT2D eigenvalue weighted by Gasteiger charge is -2.34. The summed E-state index contributed by atoms with van der Waals surface area (Å²) in [5.41, 5.74) is 1.36. The van der Waals surface area contributed by atoms with Gasteiger partial charge in [0.2, 0.25) is 0 Å². The summed E-state index contributed by atoms with van der Waals surface area (Å²) < 4.78 is 0. The van der Waals surface area contributed by atoms with E-state index in [2.05, 4.69) is 21.3 Å². The highest BCUT2D eigenvalue weighted by Crippen LogP contribution is 2.31. The maximum Gasteiger partial charge on any atom is 0.0312 e.